The smallest absolute Gasteiger partial charge is 0.284 e. The Kier molecular flexibility index (Phi) is 7.66. The average Bonchev–Trinajstić information content (AvgIpc) is 3.33. The second-order valence-corrected chi connectivity index (χ2v) is 9.72. The zero-order valence-corrected chi connectivity index (χ0v) is 19.6. The van der Waals surface area contributed by atoms with Crippen LogP contribution in [-0.2, 0) is 19.5 Å². The van der Waals surface area contributed by atoms with Crippen LogP contribution in [0.3, 0.4) is 0 Å². The number of amides is 2. The van der Waals surface area contributed by atoms with Gasteiger partial charge in [0.05, 0.1) is 14.9 Å². The standard InChI is InChI=1S/C20H18ClFN4O2S2.ClH/c1-26-7-6-14-16(10-26)30-20(25-14)19(28)24-13-3-2-12(22)8-11(13)9-23-18(27)15-4-5-17(21)29-15;/h2-5,8H,6-7,9-10H2,1H3,(H,23,27)(H,24,28);1H. The largest absolute Gasteiger partial charge is 0.347 e. The van der Waals surface area contributed by atoms with E-state index in [1.54, 1.807) is 12.1 Å². The molecule has 2 N–H and O–H groups in total. The number of benzene rings is 1. The third kappa shape index (κ3) is 5.61. The minimum Gasteiger partial charge on any atom is -0.347 e. The fourth-order valence-electron chi connectivity index (χ4n) is 3.13. The maximum absolute atomic E-state index is 13.8. The van der Waals surface area contributed by atoms with E-state index in [9.17, 15) is 14.0 Å². The highest BCUT2D eigenvalue weighted by Crippen LogP contribution is 2.26. The molecule has 0 spiro atoms. The summed E-state index contributed by atoms with van der Waals surface area (Å²) < 4.78 is 14.3. The van der Waals surface area contributed by atoms with Crippen LogP contribution in [0.4, 0.5) is 10.1 Å². The second-order valence-electron chi connectivity index (χ2n) is 6.92. The van der Waals surface area contributed by atoms with Crippen molar-refractivity contribution in [2.24, 2.45) is 0 Å². The van der Waals surface area contributed by atoms with Gasteiger partial charge in [0.2, 0.25) is 0 Å². The second kappa shape index (κ2) is 10.1. The Bertz CT molecular complexity index is 1120. The number of nitrogens with zero attached hydrogens (tertiary/aromatic N) is 2. The molecule has 164 valence electrons. The van der Waals surface area contributed by atoms with E-state index in [2.05, 4.69) is 20.5 Å². The van der Waals surface area contributed by atoms with Gasteiger partial charge in [-0.2, -0.15) is 0 Å². The number of carbonyl (C=O) groups is 2. The fourth-order valence-corrected chi connectivity index (χ4v) is 5.17. The van der Waals surface area contributed by atoms with Crippen LogP contribution in [0.1, 0.15) is 35.6 Å². The average molecular weight is 501 g/mol. The van der Waals surface area contributed by atoms with Gasteiger partial charge in [-0.3, -0.25) is 9.59 Å². The zero-order chi connectivity index (χ0) is 21.3. The van der Waals surface area contributed by atoms with Gasteiger partial charge in [0.15, 0.2) is 5.01 Å². The minimum absolute atomic E-state index is 0. The molecule has 3 aromatic rings. The van der Waals surface area contributed by atoms with E-state index in [-0.39, 0.29) is 30.8 Å². The minimum atomic E-state index is -0.454. The maximum Gasteiger partial charge on any atom is 0.284 e. The van der Waals surface area contributed by atoms with Crippen molar-refractivity contribution in [2.45, 2.75) is 19.5 Å². The summed E-state index contributed by atoms with van der Waals surface area (Å²) in [5, 5.41) is 5.91. The number of nitrogens with one attached hydrogen (secondary N) is 2. The first-order chi connectivity index (χ1) is 14.4. The summed E-state index contributed by atoms with van der Waals surface area (Å²) in [6.45, 7) is 1.75. The third-order valence-electron chi connectivity index (χ3n) is 4.67. The van der Waals surface area contributed by atoms with Gasteiger partial charge >= 0.3 is 0 Å². The first kappa shape index (κ1) is 23.6. The van der Waals surface area contributed by atoms with Gasteiger partial charge in [0, 0.05) is 36.6 Å². The summed E-state index contributed by atoms with van der Waals surface area (Å²) in [5.41, 5.74) is 1.85. The Labute approximate surface area is 197 Å². The molecular formula is C20H19Cl2FN4O2S2. The maximum atomic E-state index is 13.8. The molecule has 0 bridgehead atoms. The van der Waals surface area contributed by atoms with Gasteiger partial charge in [-0.15, -0.1) is 35.1 Å². The van der Waals surface area contributed by atoms with E-state index >= 15 is 0 Å². The number of fused-ring (bicyclic) bond motifs is 1. The van der Waals surface area contributed by atoms with Gasteiger partial charge < -0.3 is 15.5 Å². The fraction of sp³-hybridized carbons (Fsp3) is 0.250. The number of aromatic nitrogens is 1. The quantitative estimate of drug-likeness (QED) is 0.537. The molecule has 1 aromatic carbocycles. The van der Waals surface area contributed by atoms with Crippen LogP contribution < -0.4 is 10.6 Å². The Morgan fingerprint density at radius 3 is 2.77 bits per heavy atom. The summed E-state index contributed by atoms with van der Waals surface area (Å²) in [5.74, 6) is -1.12. The molecule has 6 nitrogen and oxygen atoms in total. The number of hydrogen-bond acceptors (Lipinski definition) is 6. The normalized spacial score (nSPS) is 13.3. The summed E-state index contributed by atoms with van der Waals surface area (Å²) in [6.07, 6.45) is 0.816. The van der Waals surface area contributed by atoms with Gasteiger partial charge in [0.25, 0.3) is 11.8 Å². The molecule has 0 unspecified atom stereocenters. The lowest BCUT2D eigenvalue weighted by atomic mass is 10.1. The van der Waals surface area contributed by atoms with Crippen molar-refractivity contribution in [3.05, 3.63) is 66.5 Å². The van der Waals surface area contributed by atoms with Crippen molar-refractivity contribution in [1.82, 2.24) is 15.2 Å². The van der Waals surface area contributed by atoms with Crippen LogP contribution in [0.5, 0.6) is 0 Å². The number of anilines is 1. The Balaban J connectivity index is 0.00000272. The van der Waals surface area contributed by atoms with Crippen LogP contribution >= 0.6 is 46.7 Å². The molecule has 0 atom stereocenters. The van der Waals surface area contributed by atoms with E-state index in [0.717, 1.165) is 41.4 Å². The first-order valence-corrected chi connectivity index (χ1v) is 11.2. The lowest BCUT2D eigenvalue weighted by Gasteiger charge is -2.20. The number of thiophene rings is 1. The van der Waals surface area contributed by atoms with E-state index in [0.29, 0.717) is 25.5 Å². The van der Waals surface area contributed by atoms with Crippen LogP contribution in [0.25, 0.3) is 0 Å². The van der Waals surface area contributed by atoms with E-state index in [4.69, 9.17) is 11.6 Å². The zero-order valence-electron chi connectivity index (χ0n) is 16.4. The molecule has 2 amide bonds. The Morgan fingerprint density at radius 1 is 1.23 bits per heavy atom. The molecule has 11 heteroatoms. The highest BCUT2D eigenvalue weighted by Gasteiger charge is 2.22. The number of carbonyl (C=O) groups excluding carboxylic acids is 2. The Hall–Kier alpha value is -2.04. The van der Waals surface area contributed by atoms with Gasteiger partial charge in [-0.1, -0.05) is 11.6 Å². The molecule has 4 rings (SSSR count). The number of rotatable bonds is 5. The number of likely N-dealkylation sites (N-methyl/N-ethyl adjacent to an activating group) is 1. The predicted octanol–water partition coefficient (Wildman–Crippen LogP) is 4.59. The lowest BCUT2D eigenvalue weighted by molar-refractivity contribution is 0.0954. The van der Waals surface area contributed by atoms with Gasteiger partial charge in [0.1, 0.15) is 5.82 Å². The van der Waals surface area contributed by atoms with Crippen molar-refractivity contribution in [2.75, 3.05) is 18.9 Å². The monoisotopic (exact) mass is 500 g/mol. The predicted molar refractivity (Wildman–Crippen MR) is 124 cm³/mol. The summed E-state index contributed by atoms with van der Waals surface area (Å²) >= 11 is 8.39. The molecule has 2 aromatic heterocycles. The summed E-state index contributed by atoms with van der Waals surface area (Å²) in [4.78, 5) is 33.2. The number of hydrogen-bond donors (Lipinski definition) is 2. The third-order valence-corrected chi connectivity index (χ3v) is 6.98. The molecule has 0 saturated carbocycles. The first-order valence-electron chi connectivity index (χ1n) is 9.19. The van der Waals surface area contributed by atoms with Gasteiger partial charge in [-0.25, -0.2) is 9.37 Å². The van der Waals surface area contributed by atoms with Gasteiger partial charge in [-0.05, 0) is 42.9 Å². The molecule has 1 aliphatic rings. The van der Waals surface area contributed by atoms with Crippen molar-refractivity contribution in [3.63, 3.8) is 0 Å². The lowest BCUT2D eigenvalue weighted by Crippen LogP contribution is -2.25. The molecule has 0 saturated heterocycles. The molecule has 0 aliphatic carbocycles. The highest BCUT2D eigenvalue weighted by atomic mass is 35.5. The van der Waals surface area contributed by atoms with Crippen LogP contribution in [0, 0.1) is 5.82 Å². The van der Waals surface area contributed by atoms with Crippen molar-refractivity contribution in [1.29, 1.82) is 0 Å². The molecular weight excluding hydrogens is 482 g/mol. The Morgan fingerprint density at radius 2 is 2.03 bits per heavy atom. The highest BCUT2D eigenvalue weighted by molar-refractivity contribution is 7.18. The topological polar surface area (TPSA) is 74.3 Å². The van der Waals surface area contributed by atoms with Crippen LogP contribution in [0.2, 0.25) is 4.34 Å². The molecule has 0 radical (unpaired) electrons. The molecule has 0 fully saturated rings. The van der Waals surface area contributed by atoms with Crippen molar-refractivity contribution < 1.29 is 14.0 Å². The van der Waals surface area contributed by atoms with Crippen LogP contribution in [-0.4, -0.2) is 35.3 Å². The molecule has 31 heavy (non-hydrogen) atoms. The molecule has 1 aliphatic heterocycles. The van der Waals surface area contributed by atoms with E-state index in [1.807, 2.05) is 7.05 Å². The number of halogens is 3. The molecule has 3 heterocycles. The number of thiazole rings is 1. The van der Waals surface area contributed by atoms with Crippen LogP contribution in [0.15, 0.2) is 30.3 Å². The summed E-state index contributed by atoms with van der Waals surface area (Å²) in [6, 6.07) is 7.30. The SMILES string of the molecule is CN1CCc2nc(C(=O)Nc3ccc(F)cc3CNC(=O)c3ccc(Cl)s3)sc2C1.Cl. The summed E-state index contributed by atoms with van der Waals surface area (Å²) in [7, 11) is 2.03. The van der Waals surface area contributed by atoms with E-state index < -0.39 is 5.82 Å². The van der Waals surface area contributed by atoms with Crippen molar-refractivity contribution >= 4 is 64.2 Å². The van der Waals surface area contributed by atoms with Crippen molar-refractivity contribution in [3.8, 4) is 0 Å². The van der Waals surface area contributed by atoms with E-state index in [1.165, 1.54) is 29.5 Å².